The second-order valence-electron chi connectivity index (χ2n) is 3.68. The average Bonchev–Trinajstić information content (AvgIpc) is 2.29. The Balaban J connectivity index is 2.27. The summed E-state index contributed by atoms with van der Waals surface area (Å²) in [6, 6.07) is 0. The molecule has 0 bridgehead atoms. The monoisotopic (exact) mass is 243 g/mol. The summed E-state index contributed by atoms with van der Waals surface area (Å²) >= 11 is 1.77. The van der Waals surface area contributed by atoms with E-state index in [1.165, 1.54) is 0 Å². The molecule has 1 aliphatic rings. The molecule has 1 rings (SSSR count). The molecule has 6 heteroatoms. The quantitative estimate of drug-likeness (QED) is 0.739. The molecule has 0 fully saturated rings. The van der Waals surface area contributed by atoms with E-state index in [0.717, 1.165) is 6.42 Å². The molecule has 2 amide bonds. The number of rotatable bonds is 5. The van der Waals surface area contributed by atoms with Gasteiger partial charge in [0.05, 0.1) is 0 Å². The summed E-state index contributed by atoms with van der Waals surface area (Å²) in [6.07, 6.45) is 3.75. The molecule has 5 nitrogen and oxygen atoms in total. The van der Waals surface area contributed by atoms with Crippen LogP contribution >= 0.6 is 11.8 Å². The van der Waals surface area contributed by atoms with Crippen molar-refractivity contribution in [2.24, 2.45) is 5.10 Å². The zero-order chi connectivity index (χ0) is 12.0. The number of thioether (sulfide) groups is 1. The van der Waals surface area contributed by atoms with Crippen LogP contribution < -0.4 is 10.7 Å². The SMILES string of the molecule is CSC(C)CCNC(=O)C1=NNC(=O)CC1. The molecule has 2 N–H and O–H groups in total. The Morgan fingerprint density at radius 2 is 2.38 bits per heavy atom. The summed E-state index contributed by atoms with van der Waals surface area (Å²) in [6.45, 7) is 2.77. The topological polar surface area (TPSA) is 70.6 Å². The smallest absolute Gasteiger partial charge is 0.267 e. The van der Waals surface area contributed by atoms with Crippen LogP contribution in [0.3, 0.4) is 0 Å². The Kier molecular flexibility index (Phi) is 5.31. The fraction of sp³-hybridized carbons (Fsp3) is 0.700. The van der Waals surface area contributed by atoms with Crippen molar-refractivity contribution in [1.82, 2.24) is 10.7 Å². The Hall–Kier alpha value is -1.04. The van der Waals surface area contributed by atoms with Crippen molar-refractivity contribution in [3.05, 3.63) is 0 Å². The average molecular weight is 243 g/mol. The Morgan fingerprint density at radius 3 is 2.94 bits per heavy atom. The fourth-order valence-corrected chi connectivity index (χ4v) is 1.60. The number of hydrogen-bond acceptors (Lipinski definition) is 4. The third kappa shape index (κ3) is 4.22. The molecule has 1 atom stereocenters. The number of carbonyl (C=O) groups excluding carboxylic acids is 2. The van der Waals surface area contributed by atoms with Gasteiger partial charge in [0, 0.05) is 24.6 Å². The minimum absolute atomic E-state index is 0.132. The lowest BCUT2D eigenvalue weighted by molar-refractivity contribution is -0.121. The van der Waals surface area contributed by atoms with E-state index in [0.29, 0.717) is 30.3 Å². The molecule has 1 heterocycles. The summed E-state index contributed by atoms with van der Waals surface area (Å²) in [5.41, 5.74) is 2.72. The van der Waals surface area contributed by atoms with Crippen LogP contribution in [0, 0.1) is 0 Å². The van der Waals surface area contributed by atoms with Crippen molar-refractivity contribution in [2.45, 2.75) is 31.4 Å². The van der Waals surface area contributed by atoms with Gasteiger partial charge in [0.15, 0.2) is 0 Å². The molecule has 0 aromatic heterocycles. The van der Waals surface area contributed by atoms with E-state index < -0.39 is 0 Å². The molecular weight excluding hydrogens is 226 g/mol. The van der Waals surface area contributed by atoms with Gasteiger partial charge in [-0.3, -0.25) is 9.59 Å². The molecule has 16 heavy (non-hydrogen) atoms. The Labute approximate surface area is 99.4 Å². The van der Waals surface area contributed by atoms with E-state index in [1.807, 2.05) is 6.26 Å². The molecule has 1 aliphatic heterocycles. The summed E-state index contributed by atoms with van der Waals surface area (Å²) in [7, 11) is 0. The van der Waals surface area contributed by atoms with Crippen molar-refractivity contribution in [1.29, 1.82) is 0 Å². The largest absolute Gasteiger partial charge is 0.351 e. The first kappa shape index (κ1) is 13.0. The Morgan fingerprint density at radius 1 is 1.62 bits per heavy atom. The van der Waals surface area contributed by atoms with E-state index in [-0.39, 0.29) is 11.8 Å². The van der Waals surface area contributed by atoms with Crippen molar-refractivity contribution in [3.63, 3.8) is 0 Å². The van der Waals surface area contributed by atoms with Crippen LogP contribution in [0.1, 0.15) is 26.2 Å². The maximum Gasteiger partial charge on any atom is 0.267 e. The third-order valence-electron chi connectivity index (χ3n) is 2.41. The normalized spacial score (nSPS) is 17.4. The molecule has 0 aliphatic carbocycles. The van der Waals surface area contributed by atoms with Gasteiger partial charge in [-0.15, -0.1) is 0 Å². The van der Waals surface area contributed by atoms with Crippen LogP contribution in [-0.4, -0.2) is 35.6 Å². The number of nitrogens with one attached hydrogen (secondary N) is 2. The molecule has 0 aromatic rings. The van der Waals surface area contributed by atoms with Crippen molar-refractivity contribution < 1.29 is 9.59 Å². The molecule has 1 unspecified atom stereocenters. The lowest BCUT2D eigenvalue weighted by atomic mass is 10.1. The third-order valence-corrected chi connectivity index (χ3v) is 3.45. The van der Waals surface area contributed by atoms with Crippen LogP contribution in [0.25, 0.3) is 0 Å². The van der Waals surface area contributed by atoms with Gasteiger partial charge in [0.1, 0.15) is 5.71 Å². The molecular formula is C10H17N3O2S. The summed E-state index contributed by atoms with van der Waals surface area (Å²) < 4.78 is 0. The molecule has 0 spiro atoms. The second kappa shape index (κ2) is 6.52. The number of hydrazone groups is 1. The highest BCUT2D eigenvalue weighted by Crippen LogP contribution is 2.08. The molecule has 90 valence electrons. The van der Waals surface area contributed by atoms with E-state index in [2.05, 4.69) is 22.8 Å². The molecule has 0 aromatic carbocycles. The maximum atomic E-state index is 11.6. The van der Waals surface area contributed by atoms with E-state index >= 15 is 0 Å². The number of nitrogens with zero attached hydrogens (tertiary/aromatic N) is 1. The summed E-state index contributed by atoms with van der Waals surface area (Å²) in [5, 5.41) is 7.06. The van der Waals surface area contributed by atoms with Crippen LogP contribution in [0.2, 0.25) is 0 Å². The highest BCUT2D eigenvalue weighted by molar-refractivity contribution is 7.99. The highest BCUT2D eigenvalue weighted by atomic mass is 32.2. The first-order chi connectivity index (χ1) is 7.63. The van der Waals surface area contributed by atoms with Gasteiger partial charge >= 0.3 is 0 Å². The van der Waals surface area contributed by atoms with Crippen LogP contribution in [-0.2, 0) is 9.59 Å². The lowest BCUT2D eigenvalue weighted by Crippen LogP contribution is -2.37. The summed E-state index contributed by atoms with van der Waals surface area (Å²) in [5.74, 6) is -0.305. The number of amides is 2. The second-order valence-corrected chi connectivity index (χ2v) is 4.96. The molecule has 0 radical (unpaired) electrons. The predicted molar refractivity (Wildman–Crippen MR) is 65.4 cm³/mol. The van der Waals surface area contributed by atoms with Crippen LogP contribution in [0.5, 0.6) is 0 Å². The minimum Gasteiger partial charge on any atom is -0.351 e. The number of hydrogen-bond donors (Lipinski definition) is 2. The van der Waals surface area contributed by atoms with Crippen molar-refractivity contribution >= 4 is 29.3 Å². The zero-order valence-corrected chi connectivity index (χ0v) is 10.4. The summed E-state index contributed by atoms with van der Waals surface area (Å²) in [4.78, 5) is 22.4. The fourth-order valence-electron chi connectivity index (χ4n) is 1.25. The minimum atomic E-state index is -0.173. The van der Waals surface area contributed by atoms with Gasteiger partial charge in [-0.25, -0.2) is 5.43 Å². The standard InChI is InChI=1S/C10H17N3O2S/c1-7(16-2)5-6-11-10(15)8-3-4-9(14)13-12-8/h7H,3-6H2,1-2H3,(H,11,15)(H,13,14). The van der Waals surface area contributed by atoms with Gasteiger partial charge in [-0.05, 0) is 12.7 Å². The van der Waals surface area contributed by atoms with Gasteiger partial charge < -0.3 is 5.32 Å². The number of carbonyl (C=O) groups is 2. The van der Waals surface area contributed by atoms with Gasteiger partial charge in [-0.1, -0.05) is 6.92 Å². The van der Waals surface area contributed by atoms with Crippen LogP contribution in [0.15, 0.2) is 5.10 Å². The first-order valence-electron chi connectivity index (χ1n) is 5.30. The highest BCUT2D eigenvalue weighted by Gasteiger charge is 2.17. The van der Waals surface area contributed by atoms with E-state index in [9.17, 15) is 9.59 Å². The van der Waals surface area contributed by atoms with Crippen LogP contribution in [0.4, 0.5) is 0 Å². The van der Waals surface area contributed by atoms with Gasteiger partial charge in [0.2, 0.25) is 5.91 Å². The van der Waals surface area contributed by atoms with Crippen molar-refractivity contribution in [2.75, 3.05) is 12.8 Å². The molecule has 0 saturated carbocycles. The van der Waals surface area contributed by atoms with Crippen molar-refractivity contribution in [3.8, 4) is 0 Å². The van der Waals surface area contributed by atoms with E-state index in [1.54, 1.807) is 11.8 Å². The predicted octanol–water partition coefficient (Wildman–Crippen LogP) is 0.510. The van der Waals surface area contributed by atoms with E-state index in [4.69, 9.17) is 0 Å². The first-order valence-corrected chi connectivity index (χ1v) is 6.58. The van der Waals surface area contributed by atoms with Gasteiger partial charge in [-0.2, -0.15) is 16.9 Å². The maximum absolute atomic E-state index is 11.6. The van der Waals surface area contributed by atoms with Gasteiger partial charge in [0.25, 0.3) is 5.91 Å². The zero-order valence-electron chi connectivity index (χ0n) is 9.58. The lowest BCUT2D eigenvalue weighted by Gasteiger charge is -2.13. The molecule has 0 saturated heterocycles. The Bertz CT molecular complexity index is 304.